The second kappa shape index (κ2) is 4.05. The maximum Gasteiger partial charge on any atom is 0.129 e. The first-order valence-corrected chi connectivity index (χ1v) is 5.03. The summed E-state index contributed by atoms with van der Waals surface area (Å²) in [6.45, 7) is 3.76. The highest BCUT2D eigenvalue weighted by Gasteiger charge is 2.12. The lowest BCUT2D eigenvalue weighted by molar-refractivity contribution is 0.596. The number of nitriles is 1. The Balaban J connectivity index is 3.41. The summed E-state index contributed by atoms with van der Waals surface area (Å²) < 4.78 is 14.2. The standard InChI is InChI=1S/C10H9FIN/c1-6(2)10-7(5-13)3-8(12)4-9(10)11/h3-4,6H,1-2H3. The molecule has 0 aliphatic heterocycles. The number of hydrogen-bond acceptors (Lipinski definition) is 1. The summed E-state index contributed by atoms with van der Waals surface area (Å²) in [5.41, 5.74) is 0.960. The Morgan fingerprint density at radius 3 is 2.54 bits per heavy atom. The second-order valence-corrected chi connectivity index (χ2v) is 4.36. The molecule has 0 spiro atoms. The summed E-state index contributed by atoms with van der Waals surface area (Å²) in [6, 6.07) is 5.18. The first-order valence-electron chi connectivity index (χ1n) is 3.95. The van der Waals surface area contributed by atoms with Crippen LogP contribution >= 0.6 is 22.6 Å². The van der Waals surface area contributed by atoms with Crippen LogP contribution in [0.5, 0.6) is 0 Å². The molecule has 0 saturated heterocycles. The summed E-state index contributed by atoms with van der Waals surface area (Å²) in [6.07, 6.45) is 0. The molecular formula is C10H9FIN. The van der Waals surface area contributed by atoms with Crippen molar-refractivity contribution in [2.24, 2.45) is 0 Å². The van der Waals surface area contributed by atoms with Crippen molar-refractivity contribution in [3.8, 4) is 6.07 Å². The smallest absolute Gasteiger partial charge is 0.129 e. The first-order chi connectivity index (χ1) is 6.06. The normalized spacial score (nSPS) is 10.2. The molecule has 0 aromatic heterocycles. The Morgan fingerprint density at radius 1 is 1.46 bits per heavy atom. The van der Waals surface area contributed by atoms with Gasteiger partial charge in [-0.15, -0.1) is 0 Å². The summed E-state index contributed by atoms with van der Waals surface area (Å²) in [5.74, 6) is -0.231. The van der Waals surface area contributed by atoms with Gasteiger partial charge >= 0.3 is 0 Å². The van der Waals surface area contributed by atoms with E-state index < -0.39 is 0 Å². The van der Waals surface area contributed by atoms with Crippen LogP contribution in [0.15, 0.2) is 12.1 Å². The Labute approximate surface area is 90.7 Å². The minimum Gasteiger partial charge on any atom is -0.207 e. The van der Waals surface area contributed by atoms with E-state index in [1.54, 1.807) is 6.07 Å². The van der Waals surface area contributed by atoms with E-state index in [0.717, 1.165) is 3.57 Å². The van der Waals surface area contributed by atoms with Crippen molar-refractivity contribution in [2.45, 2.75) is 19.8 Å². The van der Waals surface area contributed by atoms with Gasteiger partial charge in [0.2, 0.25) is 0 Å². The summed E-state index contributed by atoms with van der Waals surface area (Å²) in [7, 11) is 0. The van der Waals surface area contributed by atoms with Crippen LogP contribution in [-0.2, 0) is 0 Å². The number of benzene rings is 1. The molecule has 0 N–H and O–H groups in total. The largest absolute Gasteiger partial charge is 0.207 e. The third kappa shape index (κ3) is 2.19. The van der Waals surface area contributed by atoms with E-state index in [0.29, 0.717) is 11.1 Å². The van der Waals surface area contributed by atoms with Crippen LogP contribution in [0.3, 0.4) is 0 Å². The lowest BCUT2D eigenvalue weighted by Gasteiger charge is -2.09. The fourth-order valence-electron chi connectivity index (χ4n) is 1.26. The molecule has 0 atom stereocenters. The molecule has 0 amide bonds. The maximum absolute atomic E-state index is 13.4. The van der Waals surface area contributed by atoms with Crippen molar-refractivity contribution < 1.29 is 4.39 Å². The van der Waals surface area contributed by atoms with Gasteiger partial charge in [0, 0.05) is 9.13 Å². The molecule has 0 saturated carbocycles. The van der Waals surface area contributed by atoms with Crippen molar-refractivity contribution >= 4 is 22.6 Å². The molecule has 0 fully saturated rings. The van der Waals surface area contributed by atoms with Gasteiger partial charge in [0.1, 0.15) is 5.82 Å². The van der Waals surface area contributed by atoms with E-state index in [9.17, 15) is 4.39 Å². The Bertz CT molecular complexity index is 366. The second-order valence-electron chi connectivity index (χ2n) is 3.12. The summed E-state index contributed by atoms with van der Waals surface area (Å²) in [5, 5.41) is 8.80. The number of halogens is 2. The van der Waals surface area contributed by atoms with E-state index in [2.05, 4.69) is 0 Å². The predicted molar refractivity (Wildman–Crippen MR) is 57.9 cm³/mol. The molecule has 0 aliphatic rings. The van der Waals surface area contributed by atoms with E-state index in [1.165, 1.54) is 6.07 Å². The minimum atomic E-state index is -0.279. The fourth-order valence-corrected chi connectivity index (χ4v) is 1.85. The predicted octanol–water partition coefficient (Wildman–Crippen LogP) is 3.43. The third-order valence-corrected chi connectivity index (χ3v) is 2.41. The monoisotopic (exact) mass is 289 g/mol. The maximum atomic E-state index is 13.4. The Hall–Kier alpha value is -0.630. The number of rotatable bonds is 1. The molecule has 0 bridgehead atoms. The van der Waals surface area contributed by atoms with Crippen LogP contribution in [-0.4, -0.2) is 0 Å². The third-order valence-electron chi connectivity index (χ3n) is 1.79. The van der Waals surface area contributed by atoms with E-state index in [1.807, 2.05) is 42.5 Å². The van der Waals surface area contributed by atoms with Gasteiger partial charge in [-0.05, 0) is 40.6 Å². The molecule has 3 heteroatoms. The quantitative estimate of drug-likeness (QED) is 0.727. The van der Waals surface area contributed by atoms with Gasteiger partial charge in [-0.3, -0.25) is 0 Å². The minimum absolute atomic E-state index is 0.0478. The van der Waals surface area contributed by atoms with Crippen LogP contribution in [0.25, 0.3) is 0 Å². The van der Waals surface area contributed by atoms with Gasteiger partial charge in [0.05, 0.1) is 11.6 Å². The Morgan fingerprint density at radius 2 is 2.08 bits per heavy atom. The zero-order chi connectivity index (χ0) is 10.0. The number of nitrogens with zero attached hydrogens (tertiary/aromatic N) is 1. The van der Waals surface area contributed by atoms with Gasteiger partial charge in [-0.1, -0.05) is 13.8 Å². The van der Waals surface area contributed by atoms with Crippen LogP contribution < -0.4 is 0 Å². The van der Waals surface area contributed by atoms with Gasteiger partial charge in [-0.25, -0.2) is 4.39 Å². The highest BCUT2D eigenvalue weighted by Crippen LogP contribution is 2.24. The van der Waals surface area contributed by atoms with Crippen LogP contribution in [0.4, 0.5) is 4.39 Å². The lowest BCUT2D eigenvalue weighted by atomic mass is 9.97. The van der Waals surface area contributed by atoms with Gasteiger partial charge in [0.15, 0.2) is 0 Å². The summed E-state index contributed by atoms with van der Waals surface area (Å²) in [4.78, 5) is 0. The van der Waals surface area contributed by atoms with E-state index in [4.69, 9.17) is 5.26 Å². The molecule has 0 heterocycles. The van der Waals surface area contributed by atoms with Crippen molar-refractivity contribution in [3.63, 3.8) is 0 Å². The zero-order valence-electron chi connectivity index (χ0n) is 7.44. The molecular weight excluding hydrogens is 280 g/mol. The molecule has 13 heavy (non-hydrogen) atoms. The van der Waals surface area contributed by atoms with Gasteiger partial charge in [-0.2, -0.15) is 5.26 Å². The zero-order valence-corrected chi connectivity index (χ0v) is 9.59. The molecule has 1 aromatic carbocycles. The molecule has 1 rings (SSSR count). The SMILES string of the molecule is CC(C)c1c(F)cc(I)cc1C#N. The highest BCUT2D eigenvalue weighted by molar-refractivity contribution is 14.1. The van der Waals surface area contributed by atoms with Gasteiger partial charge in [0.25, 0.3) is 0 Å². The molecule has 0 aliphatic carbocycles. The number of hydrogen-bond donors (Lipinski definition) is 0. The molecule has 1 nitrogen and oxygen atoms in total. The fraction of sp³-hybridized carbons (Fsp3) is 0.300. The van der Waals surface area contributed by atoms with Crippen molar-refractivity contribution in [1.29, 1.82) is 5.26 Å². The van der Waals surface area contributed by atoms with E-state index >= 15 is 0 Å². The lowest BCUT2D eigenvalue weighted by Crippen LogP contribution is -1.98. The van der Waals surface area contributed by atoms with Crippen molar-refractivity contribution in [2.75, 3.05) is 0 Å². The van der Waals surface area contributed by atoms with E-state index in [-0.39, 0.29) is 11.7 Å². The average Bonchev–Trinajstić information content (AvgIpc) is 2.01. The van der Waals surface area contributed by atoms with Crippen molar-refractivity contribution in [3.05, 3.63) is 32.6 Å². The molecule has 1 aromatic rings. The molecule has 0 unspecified atom stereocenters. The van der Waals surface area contributed by atoms with Crippen LogP contribution in [0, 0.1) is 20.7 Å². The Kier molecular flexibility index (Phi) is 3.26. The molecule has 68 valence electrons. The topological polar surface area (TPSA) is 23.8 Å². The van der Waals surface area contributed by atoms with Crippen molar-refractivity contribution in [1.82, 2.24) is 0 Å². The summed E-state index contributed by atoms with van der Waals surface area (Å²) >= 11 is 2.00. The van der Waals surface area contributed by atoms with Crippen LogP contribution in [0.1, 0.15) is 30.9 Å². The molecule has 0 radical (unpaired) electrons. The highest BCUT2D eigenvalue weighted by atomic mass is 127. The van der Waals surface area contributed by atoms with Gasteiger partial charge < -0.3 is 0 Å². The average molecular weight is 289 g/mol. The van der Waals surface area contributed by atoms with Crippen LogP contribution in [0.2, 0.25) is 0 Å². The first kappa shape index (κ1) is 10.5.